The second-order valence-electron chi connectivity index (χ2n) is 7.36. The lowest BCUT2D eigenvalue weighted by Crippen LogP contribution is -2.47. The number of carbonyl (C=O) groups is 2. The van der Waals surface area contributed by atoms with E-state index < -0.39 is 0 Å². The standard InChI is InChI=1S/C16H27BIN2O2P/c18-17(23)14-10-15(21)20(16(14)22)13-8-6-12(7-9-13)19-11-4-2-1-3-5-11/h11-14,19H,1-10,23H2. The van der Waals surface area contributed by atoms with Gasteiger partial charge in [-0.2, -0.15) is 9.12 Å². The summed E-state index contributed by atoms with van der Waals surface area (Å²) in [6.07, 6.45) is 11.3. The Hall–Kier alpha value is 0.325. The van der Waals surface area contributed by atoms with Gasteiger partial charge < -0.3 is 5.32 Å². The summed E-state index contributed by atoms with van der Waals surface area (Å²) in [5.74, 6) is -0.0212. The molecule has 0 spiro atoms. The summed E-state index contributed by atoms with van der Waals surface area (Å²) in [7, 11) is 2.67. The van der Waals surface area contributed by atoms with Crippen LogP contribution in [0.1, 0.15) is 64.2 Å². The number of nitrogens with zero attached hydrogens (tertiary/aromatic N) is 1. The average Bonchev–Trinajstić information content (AvgIpc) is 2.84. The van der Waals surface area contributed by atoms with Gasteiger partial charge in [0.05, 0.1) is 0 Å². The van der Waals surface area contributed by atoms with Gasteiger partial charge in [-0.15, -0.1) is 22.4 Å². The van der Waals surface area contributed by atoms with Crippen molar-refractivity contribution in [2.45, 2.75) is 88.2 Å². The van der Waals surface area contributed by atoms with E-state index in [1.54, 1.807) is 4.90 Å². The third kappa shape index (κ3) is 4.30. The largest absolute Gasteiger partial charge is 0.311 e. The van der Waals surface area contributed by atoms with E-state index in [0.29, 0.717) is 18.5 Å². The number of hydrogen-bond donors (Lipinski definition) is 1. The summed E-state index contributed by atoms with van der Waals surface area (Å²) < 4.78 is 0.151. The van der Waals surface area contributed by atoms with Crippen molar-refractivity contribution < 1.29 is 9.59 Å². The van der Waals surface area contributed by atoms with E-state index in [4.69, 9.17) is 0 Å². The Labute approximate surface area is 155 Å². The molecular weight excluding hydrogens is 421 g/mol. The van der Waals surface area contributed by atoms with Crippen molar-refractivity contribution in [2.75, 3.05) is 0 Å². The van der Waals surface area contributed by atoms with Crippen LogP contribution in [0, 0.1) is 0 Å². The molecule has 2 atom stereocenters. The molecule has 0 radical (unpaired) electrons. The van der Waals surface area contributed by atoms with Crippen molar-refractivity contribution in [3.05, 3.63) is 0 Å². The molecule has 7 heteroatoms. The van der Waals surface area contributed by atoms with E-state index in [0.717, 1.165) is 25.7 Å². The Morgan fingerprint density at radius 3 is 2.17 bits per heavy atom. The number of amides is 2. The third-order valence-electron chi connectivity index (χ3n) is 5.74. The predicted molar refractivity (Wildman–Crippen MR) is 106 cm³/mol. The molecule has 4 nitrogen and oxygen atoms in total. The molecule has 2 amide bonds. The minimum Gasteiger partial charge on any atom is -0.311 e. The molecular formula is C16H27BIN2O2P. The van der Waals surface area contributed by atoms with Crippen molar-refractivity contribution in [1.29, 1.82) is 0 Å². The first-order valence-corrected chi connectivity index (χ1v) is 11.0. The van der Waals surface area contributed by atoms with Crippen LogP contribution in [0.2, 0.25) is 5.82 Å². The Bertz CT molecular complexity index is 451. The molecule has 3 rings (SSSR count). The quantitative estimate of drug-likeness (QED) is 0.311. The van der Waals surface area contributed by atoms with Gasteiger partial charge >= 0.3 is 0 Å². The normalized spacial score (nSPS) is 33.3. The van der Waals surface area contributed by atoms with Gasteiger partial charge in [0.2, 0.25) is 11.8 Å². The first-order valence-electron chi connectivity index (χ1n) is 9.08. The molecule has 23 heavy (non-hydrogen) atoms. The van der Waals surface area contributed by atoms with Gasteiger partial charge in [0.25, 0.3) is 4.29 Å². The zero-order valence-electron chi connectivity index (χ0n) is 13.7. The van der Waals surface area contributed by atoms with Gasteiger partial charge in [-0.05, 0) is 38.5 Å². The summed E-state index contributed by atoms with van der Waals surface area (Å²) in [5, 5.41) is 3.83. The van der Waals surface area contributed by atoms with Crippen LogP contribution in [0.25, 0.3) is 0 Å². The summed E-state index contributed by atoms with van der Waals surface area (Å²) in [6, 6.07) is 1.42. The Balaban J connectivity index is 1.50. The van der Waals surface area contributed by atoms with E-state index in [9.17, 15) is 9.59 Å². The van der Waals surface area contributed by atoms with Crippen molar-refractivity contribution in [3.8, 4) is 0 Å². The summed E-state index contributed by atoms with van der Waals surface area (Å²) in [5.41, 5.74) is 0. The smallest absolute Gasteiger partial charge is 0.252 e. The molecule has 1 saturated heterocycles. The van der Waals surface area contributed by atoms with Crippen LogP contribution in [0.4, 0.5) is 0 Å². The molecule has 128 valence electrons. The van der Waals surface area contributed by atoms with Gasteiger partial charge in [0.1, 0.15) is 0 Å². The topological polar surface area (TPSA) is 49.4 Å². The molecule has 1 aliphatic heterocycles. The highest BCUT2D eigenvalue weighted by Crippen LogP contribution is 2.37. The maximum Gasteiger partial charge on any atom is 0.252 e. The molecule has 3 fully saturated rings. The Morgan fingerprint density at radius 1 is 1.00 bits per heavy atom. The minimum absolute atomic E-state index is 0.0489. The average molecular weight is 448 g/mol. The van der Waals surface area contributed by atoms with Crippen molar-refractivity contribution in [2.24, 2.45) is 0 Å². The number of imide groups is 1. The maximum absolute atomic E-state index is 12.5. The Kier molecular flexibility index (Phi) is 6.41. The second kappa shape index (κ2) is 8.14. The molecule has 1 heterocycles. The molecule has 1 N–H and O–H groups in total. The minimum atomic E-state index is -0.133. The number of rotatable bonds is 4. The van der Waals surface area contributed by atoms with Gasteiger partial charge in [-0.1, -0.05) is 19.3 Å². The first-order chi connectivity index (χ1) is 11.1. The van der Waals surface area contributed by atoms with Gasteiger partial charge in [-0.25, -0.2) is 0 Å². The summed E-state index contributed by atoms with van der Waals surface area (Å²) in [6.45, 7) is 0. The van der Waals surface area contributed by atoms with Crippen molar-refractivity contribution >= 4 is 47.6 Å². The lowest BCUT2D eigenvalue weighted by molar-refractivity contribution is -0.141. The van der Waals surface area contributed by atoms with E-state index in [1.807, 2.05) is 0 Å². The fourth-order valence-electron chi connectivity index (χ4n) is 4.41. The van der Waals surface area contributed by atoms with Crippen LogP contribution in [0.15, 0.2) is 0 Å². The number of nitrogens with one attached hydrogen (secondary N) is 1. The van der Waals surface area contributed by atoms with Crippen LogP contribution in [-0.4, -0.2) is 39.1 Å². The van der Waals surface area contributed by atoms with Gasteiger partial charge in [0, 0.05) is 30.4 Å². The first kappa shape index (κ1) is 18.1. The maximum atomic E-state index is 12.5. The zero-order valence-corrected chi connectivity index (χ0v) is 17.0. The van der Waals surface area contributed by atoms with Gasteiger partial charge in [-0.3, -0.25) is 14.5 Å². The molecule has 0 aromatic rings. The predicted octanol–water partition coefficient (Wildman–Crippen LogP) is 3.15. The Morgan fingerprint density at radius 2 is 1.61 bits per heavy atom. The molecule has 3 aliphatic rings. The third-order valence-corrected chi connectivity index (χ3v) is 7.07. The van der Waals surface area contributed by atoms with E-state index in [-0.39, 0.29) is 28.0 Å². The zero-order chi connectivity index (χ0) is 16.4. The molecule has 2 aliphatic carbocycles. The highest BCUT2D eigenvalue weighted by Gasteiger charge is 2.45. The second-order valence-corrected chi connectivity index (χ2v) is 10.9. The number of carbonyl (C=O) groups excluding carboxylic acids is 2. The van der Waals surface area contributed by atoms with Crippen molar-refractivity contribution in [1.82, 2.24) is 10.2 Å². The summed E-state index contributed by atoms with van der Waals surface area (Å²) in [4.78, 5) is 26.4. The lowest BCUT2D eigenvalue weighted by atomic mass is 9.83. The number of hydrogen-bond acceptors (Lipinski definition) is 3. The highest BCUT2D eigenvalue weighted by atomic mass is 127. The van der Waals surface area contributed by atoms with Crippen LogP contribution >= 0.6 is 31.5 Å². The fraction of sp³-hybridized carbons (Fsp3) is 0.875. The van der Waals surface area contributed by atoms with Crippen molar-refractivity contribution in [3.63, 3.8) is 0 Å². The summed E-state index contributed by atoms with van der Waals surface area (Å²) >= 11 is 2.24. The van der Waals surface area contributed by atoms with Crippen LogP contribution in [0.3, 0.4) is 0 Å². The molecule has 2 unspecified atom stereocenters. The highest BCUT2D eigenvalue weighted by molar-refractivity contribution is 14.1. The number of halogens is 1. The van der Waals surface area contributed by atoms with E-state index in [1.165, 1.54) is 32.1 Å². The fourth-order valence-corrected chi connectivity index (χ4v) is 5.27. The van der Waals surface area contributed by atoms with Crippen LogP contribution in [0.5, 0.6) is 0 Å². The lowest BCUT2D eigenvalue weighted by Gasteiger charge is -2.36. The SMILES string of the molecule is O=C1CC(B(P)I)C(=O)N1C1CCC(NC2CCCCC2)CC1. The van der Waals surface area contributed by atoms with E-state index in [2.05, 4.69) is 36.8 Å². The molecule has 0 bridgehead atoms. The van der Waals surface area contributed by atoms with Crippen LogP contribution < -0.4 is 5.32 Å². The monoisotopic (exact) mass is 448 g/mol. The van der Waals surface area contributed by atoms with Gasteiger partial charge in [0.15, 0.2) is 0 Å². The van der Waals surface area contributed by atoms with Crippen LogP contribution in [-0.2, 0) is 9.59 Å². The molecule has 0 aromatic heterocycles. The number of likely N-dealkylation sites (tertiary alicyclic amines) is 1. The van der Waals surface area contributed by atoms with E-state index >= 15 is 0 Å². The molecule has 0 aromatic carbocycles. The molecule has 2 saturated carbocycles.